The Morgan fingerprint density at radius 2 is 0.875 bits per heavy atom. The second-order valence-electron chi connectivity index (χ2n) is 4.83. The summed E-state index contributed by atoms with van der Waals surface area (Å²) < 4.78 is 31.8. The quantitative estimate of drug-likeness (QED) is 0.245. The Kier molecular flexibility index (Phi) is 22.0. The molecule has 0 saturated carbocycles. The minimum atomic E-state index is 0.0397. The molecule has 0 rings (SSSR count). The number of allylic oxidation sites excluding steroid dienone is 1. The lowest BCUT2D eigenvalue weighted by Crippen LogP contribution is -2.14. The number of unbranched alkanes of at least 4 members (excludes halogenated alkanes) is 1. The fourth-order valence-corrected chi connectivity index (χ4v) is 1.60. The number of hydrogen-bond acceptors (Lipinski definition) is 7. The Hall–Kier alpha value is -0.540. The maximum Gasteiger partial charge on any atom is 0.0701 e. The van der Waals surface area contributed by atoms with E-state index in [0.717, 1.165) is 19.4 Å². The lowest BCUT2D eigenvalue weighted by atomic mass is 10.3. The summed E-state index contributed by atoms with van der Waals surface area (Å²) in [5.41, 5.74) is 0. The van der Waals surface area contributed by atoms with Gasteiger partial charge in [-0.3, -0.25) is 0 Å². The molecule has 0 fully saturated rings. The highest BCUT2D eigenvalue weighted by atomic mass is 16.6. The van der Waals surface area contributed by atoms with Crippen molar-refractivity contribution in [2.24, 2.45) is 0 Å². The first-order valence-corrected chi connectivity index (χ1v) is 8.60. The first-order valence-electron chi connectivity index (χ1n) is 8.60. The van der Waals surface area contributed by atoms with Crippen LogP contribution in [0.2, 0.25) is 0 Å². The first-order chi connectivity index (χ1) is 11.9. The van der Waals surface area contributed by atoms with E-state index in [4.69, 9.17) is 33.5 Å². The zero-order valence-electron chi connectivity index (χ0n) is 14.8. The number of hydrogen-bond donors (Lipinski definition) is 1. The van der Waals surface area contributed by atoms with E-state index in [1.54, 1.807) is 0 Å². The van der Waals surface area contributed by atoms with Gasteiger partial charge in [0, 0.05) is 6.61 Å². The standard InChI is InChI=1S/C17H34O7/c1-2-3-4-6-19-8-10-21-12-14-23-16-17-24-15-13-22-11-9-20-7-5-18/h2,18H,1,3-17H2. The molecule has 0 aliphatic rings. The van der Waals surface area contributed by atoms with Crippen molar-refractivity contribution in [2.45, 2.75) is 12.8 Å². The minimum Gasteiger partial charge on any atom is -0.394 e. The van der Waals surface area contributed by atoms with Gasteiger partial charge in [0.2, 0.25) is 0 Å². The monoisotopic (exact) mass is 350 g/mol. The Morgan fingerprint density at radius 3 is 1.21 bits per heavy atom. The van der Waals surface area contributed by atoms with Crippen molar-refractivity contribution in [3.63, 3.8) is 0 Å². The average Bonchev–Trinajstić information content (AvgIpc) is 2.60. The molecule has 0 radical (unpaired) electrons. The van der Waals surface area contributed by atoms with Gasteiger partial charge >= 0.3 is 0 Å². The number of aliphatic hydroxyl groups is 1. The van der Waals surface area contributed by atoms with Crippen LogP contribution < -0.4 is 0 Å². The van der Waals surface area contributed by atoms with Gasteiger partial charge in [0.1, 0.15) is 0 Å². The molecule has 0 atom stereocenters. The molecule has 1 N–H and O–H groups in total. The normalized spacial score (nSPS) is 11.0. The van der Waals surface area contributed by atoms with E-state index >= 15 is 0 Å². The maximum atomic E-state index is 8.50. The molecule has 24 heavy (non-hydrogen) atoms. The van der Waals surface area contributed by atoms with Gasteiger partial charge < -0.3 is 33.5 Å². The second-order valence-corrected chi connectivity index (χ2v) is 4.83. The Morgan fingerprint density at radius 1 is 0.542 bits per heavy atom. The first kappa shape index (κ1) is 23.5. The number of ether oxygens (including phenoxy) is 6. The summed E-state index contributed by atoms with van der Waals surface area (Å²) in [6.45, 7) is 10.3. The van der Waals surface area contributed by atoms with Gasteiger partial charge in [-0.2, -0.15) is 0 Å². The van der Waals surface area contributed by atoms with E-state index in [2.05, 4.69) is 6.58 Å². The van der Waals surface area contributed by atoms with Crippen LogP contribution in [0.3, 0.4) is 0 Å². The molecule has 0 aromatic carbocycles. The SMILES string of the molecule is C=CCCCOCCOCCOCCOCCOCCOCCO. The molecule has 0 bridgehead atoms. The summed E-state index contributed by atoms with van der Waals surface area (Å²) in [4.78, 5) is 0. The molecule has 0 aromatic heterocycles. The smallest absolute Gasteiger partial charge is 0.0701 e. The highest BCUT2D eigenvalue weighted by molar-refractivity contribution is 4.64. The molecule has 7 heteroatoms. The van der Waals surface area contributed by atoms with Gasteiger partial charge in [-0.05, 0) is 12.8 Å². The van der Waals surface area contributed by atoms with Crippen LogP contribution in [-0.4, -0.2) is 91.0 Å². The molecule has 0 aliphatic heterocycles. The summed E-state index contributed by atoms with van der Waals surface area (Å²) >= 11 is 0. The zero-order chi connectivity index (χ0) is 17.6. The van der Waals surface area contributed by atoms with Crippen molar-refractivity contribution in [3.8, 4) is 0 Å². The van der Waals surface area contributed by atoms with Gasteiger partial charge in [-0.1, -0.05) is 6.08 Å². The topological polar surface area (TPSA) is 75.6 Å². The van der Waals surface area contributed by atoms with Gasteiger partial charge in [-0.15, -0.1) is 6.58 Å². The maximum absolute atomic E-state index is 8.50. The lowest BCUT2D eigenvalue weighted by molar-refractivity contribution is -0.0182. The lowest BCUT2D eigenvalue weighted by Gasteiger charge is -2.08. The molecular formula is C17H34O7. The zero-order valence-corrected chi connectivity index (χ0v) is 14.8. The van der Waals surface area contributed by atoms with Crippen molar-refractivity contribution in [1.82, 2.24) is 0 Å². The van der Waals surface area contributed by atoms with Crippen LogP contribution in [0.5, 0.6) is 0 Å². The molecular weight excluding hydrogens is 316 g/mol. The molecule has 0 amide bonds. The molecule has 0 spiro atoms. The summed E-state index contributed by atoms with van der Waals surface area (Å²) in [7, 11) is 0. The molecule has 0 saturated heterocycles. The Labute approximate surface area is 145 Å². The summed E-state index contributed by atoms with van der Waals surface area (Å²) in [5, 5.41) is 8.50. The van der Waals surface area contributed by atoms with Crippen LogP contribution in [0.15, 0.2) is 12.7 Å². The van der Waals surface area contributed by atoms with E-state index < -0.39 is 0 Å². The fourth-order valence-electron chi connectivity index (χ4n) is 1.60. The van der Waals surface area contributed by atoms with Crippen molar-refractivity contribution in [3.05, 3.63) is 12.7 Å². The number of aliphatic hydroxyl groups excluding tert-OH is 1. The van der Waals surface area contributed by atoms with Crippen LogP contribution in [0.25, 0.3) is 0 Å². The van der Waals surface area contributed by atoms with Crippen molar-refractivity contribution < 1.29 is 33.5 Å². The predicted octanol–water partition coefficient (Wildman–Crippen LogP) is 1.04. The third-order valence-electron chi connectivity index (χ3n) is 2.79. The van der Waals surface area contributed by atoms with Crippen LogP contribution in [0.1, 0.15) is 12.8 Å². The molecule has 7 nitrogen and oxygen atoms in total. The summed E-state index contributed by atoms with van der Waals surface area (Å²) in [6, 6.07) is 0. The molecule has 144 valence electrons. The van der Waals surface area contributed by atoms with Crippen molar-refractivity contribution in [1.29, 1.82) is 0 Å². The van der Waals surface area contributed by atoms with Crippen LogP contribution in [0.4, 0.5) is 0 Å². The molecule has 0 unspecified atom stereocenters. The third-order valence-corrected chi connectivity index (χ3v) is 2.79. The minimum absolute atomic E-state index is 0.0397. The fraction of sp³-hybridized carbons (Fsp3) is 0.882. The molecule has 0 aliphatic carbocycles. The van der Waals surface area contributed by atoms with E-state index in [-0.39, 0.29) is 6.61 Å². The molecule has 0 aromatic rings. The van der Waals surface area contributed by atoms with Crippen molar-refractivity contribution >= 4 is 0 Å². The van der Waals surface area contributed by atoms with Crippen LogP contribution in [0, 0.1) is 0 Å². The van der Waals surface area contributed by atoms with Gasteiger partial charge in [-0.25, -0.2) is 0 Å². The van der Waals surface area contributed by atoms with Crippen LogP contribution in [-0.2, 0) is 28.4 Å². The van der Waals surface area contributed by atoms with Gasteiger partial charge in [0.05, 0.1) is 79.3 Å². The van der Waals surface area contributed by atoms with Gasteiger partial charge in [0.25, 0.3) is 0 Å². The largest absolute Gasteiger partial charge is 0.394 e. The third kappa shape index (κ3) is 21.5. The summed E-state index contributed by atoms with van der Waals surface area (Å²) in [6.07, 6.45) is 3.89. The van der Waals surface area contributed by atoms with Gasteiger partial charge in [0.15, 0.2) is 0 Å². The summed E-state index contributed by atoms with van der Waals surface area (Å²) in [5.74, 6) is 0. The van der Waals surface area contributed by atoms with Crippen LogP contribution >= 0.6 is 0 Å². The van der Waals surface area contributed by atoms with Crippen molar-refractivity contribution in [2.75, 3.05) is 85.9 Å². The Balaban J connectivity index is 2.94. The van der Waals surface area contributed by atoms with E-state index in [0.29, 0.717) is 72.7 Å². The predicted molar refractivity (Wildman–Crippen MR) is 91.4 cm³/mol. The highest BCUT2D eigenvalue weighted by Crippen LogP contribution is 1.90. The van der Waals surface area contributed by atoms with E-state index in [1.807, 2.05) is 6.08 Å². The Bertz CT molecular complexity index is 239. The highest BCUT2D eigenvalue weighted by Gasteiger charge is 1.94. The average molecular weight is 350 g/mol. The van der Waals surface area contributed by atoms with E-state index in [9.17, 15) is 0 Å². The second kappa shape index (κ2) is 22.5. The molecule has 0 heterocycles. The van der Waals surface area contributed by atoms with E-state index in [1.165, 1.54) is 0 Å². The number of rotatable bonds is 21.